The van der Waals surface area contributed by atoms with E-state index in [1.165, 1.54) is 0 Å². The van der Waals surface area contributed by atoms with E-state index < -0.39 is 0 Å². The van der Waals surface area contributed by atoms with Gasteiger partial charge in [-0.3, -0.25) is 9.59 Å². The molecule has 0 radical (unpaired) electrons. The van der Waals surface area contributed by atoms with Crippen LogP contribution in [0, 0.1) is 12.8 Å². The average molecular weight is 293 g/mol. The first-order valence-corrected chi connectivity index (χ1v) is 7.29. The number of anilines is 1. The predicted octanol–water partition coefficient (Wildman–Crippen LogP) is 2.60. The molecule has 20 heavy (non-hydrogen) atoms. The molecule has 1 unspecified atom stereocenters. The highest BCUT2D eigenvalue weighted by Crippen LogP contribution is 2.33. The van der Waals surface area contributed by atoms with Gasteiger partial charge in [-0.2, -0.15) is 0 Å². The Morgan fingerprint density at radius 1 is 1.40 bits per heavy atom. The molecule has 1 atom stereocenters. The lowest BCUT2D eigenvalue weighted by Crippen LogP contribution is -2.30. The SMILES string of the molecule is Cc1c(Cl)cccc1NC(=O)C1CC(=O)N(C2CC2)C1. The number of nitrogens with one attached hydrogen (secondary N) is 1. The Bertz CT molecular complexity index is 569. The van der Waals surface area contributed by atoms with Crippen LogP contribution in [0.2, 0.25) is 5.02 Å². The van der Waals surface area contributed by atoms with Crippen LogP contribution in [0.25, 0.3) is 0 Å². The van der Waals surface area contributed by atoms with Crippen molar-refractivity contribution in [2.24, 2.45) is 5.92 Å². The van der Waals surface area contributed by atoms with E-state index in [1.54, 1.807) is 12.1 Å². The molecule has 3 rings (SSSR count). The van der Waals surface area contributed by atoms with Crippen LogP contribution < -0.4 is 5.32 Å². The number of rotatable bonds is 3. The lowest BCUT2D eigenvalue weighted by molar-refractivity contribution is -0.128. The van der Waals surface area contributed by atoms with Crippen LogP contribution in [0.4, 0.5) is 5.69 Å². The predicted molar refractivity (Wildman–Crippen MR) is 77.7 cm³/mol. The summed E-state index contributed by atoms with van der Waals surface area (Å²) in [6, 6.07) is 5.81. The first-order chi connectivity index (χ1) is 9.56. The average Bonchev–Trinajstić information content (AvgIpc) is 3.18. The maximum atomic E-state index is 12.3. The third kappa shape index (κ3) is 2.52. The maximum Gasteiger partial charge on any atom is 0.229 e. The summed E-state index contributed by atoms with van der Waals surface area (Å²) in [5, 5.41) is 3.52. The number of nitrogens with zero attached hydrogens (tertiary/aromatic N) is 1. The minimum absolute atomic E-state index is 0.0909. The van der Waals surface area contributed by atoms with Gasteiger partial charge in [-0.1, -0.05) is 17.7 Å². The lowest BCUT2D eigenvalue weighted by Gasteiger charge is -2.16. The molecule has 0 spiro atoms. The van der Waals surface area contributed by atoms with Crippen molar-refractivity contribution in [3.05, 3.63) is 28.8 Å². The first-order valence-electron chi connectivity index (χ1n) is 6.91. The summed E-state index contributed by atoms with van der Waals surface area (Å²) in [5.41, 5.74) is 1.57. The Labute approximate surface area is 123 Å². The van der Waals surface area contributed by atoms with Crippen molar-refractivity contribution in [1.82, 2.24) is 4.90 Å². The molecule has 1 aromatic rings. The summed E-state index contributed by atoms with van der Waals surface area (Å²) in [5.74, 6) is -0.233. The molecule has 0 bridgehead atoms. The van der Waals surface area contributed by atoms with Gasteiger partial charge >= 0.3 is 0 Å². The number of hydrogen-bond donors (Lipinski definition) is 1. The van der Waals surface area contributed by atoms with Crippen molar-refractivity contribution < 1.29 is 9.59 Å². The highest BCUT2D eigenvalue weighted by atomic mass is 35.5. The third-order valence-corrected chi connectivity index (χ3v) is 4.45. The second-order valence-electron chi connectivity index (χ2n) is 5.58. The van der Waals surface area contributed by atoms with Crippen LogP contribution in [0.1, 0.15) is 24.8 Å². The minimum Gasteiger partial charge on any atom is -0.339 e. The van der Waals surface area contributed by atoms with Gasteiger partial charge in [-0.25, -0.2) is 0 Å². The number of amides is 2. The van der Waals surface area contributed by atoms with Crippen molar-refractivity contribution in [3.63, 3.8) is 0 Å². The zero-order valence-corrected chi connectivity index (χ0v) is 12.1. The van der Waals surface area contributed by atoms with E-state index in [9.17, 15) is 9.59 Å². The van der Waals surface area contributed by atoms with E-state index >= 15 is 0 Å². The van der Waals surface area contributed by atoms with Gasteiger partial charge in [-0.15, -0.1) is 0 Å². The Hall–Kier alpha value is -1.55. The summed E-state index contributed by atoms with van der Waals surface area (Å²) < 4.78 is 0. The summed E-state index contributed by atoms with van der Waals surface area (Å²) in [7, 11) is 0. The van der Waals surface area contributed by atoms with Gasteiger partial charge in [0.05, 0.1) is 5.92 Å². The van der Waals surface area contributed by atoms with Gasteiger partial charge in [0.1, 0.15) is 0 Å². The third-order valence-electron chi connectivity index (χ3n) is 4.04. The molecule has 1 aromatic carbocycles. The first kappa shape index (κ1) is 13.4. The highest BCUT2D eigenvalue weighted by molar-refractivity contribution is 6.31. The molecule has 1 saturated carbocycles. The number of carbonyl (C=O) groups is 2. The molecule has 0 aromatic heterocycles. The van der Waals surface area contributed by atoms with E-state index in [4.69, 9.17) is 11.6 Å². The molecule has 1 aliphatic heterocycles. The summed E-state index contributed by atoms with van der Waals surface area (Å²) >= 11 is 6.04. The Kier molecular flexibility index (Phi) is 3.42. The fourth-order valence-electron chi connectivity index (χ4n) is 2.62. The Balaban J connectivity index is 1.68. The fourth-order valence-corrected chi connectivity index (χ4v) is 2.80. The van der Waals surface area contributed by atoms with Gasteiger partial charge < -0.3 is 10.2 Å². The van der Waals surface area contributed by atoms with Gasteiger partial charge in [0, 0.05) is 29.7 Å². The summed E-state index contributed by atoms with van der Waals surface area (Å²) in [6.45, 7) is 2.42. The number of likely N-dealkylation sites (tertiary alicyclic amines) is 1. The van der Waals surface area contributed by atoms with Crippen molar-refractivity contribution >= 4 is 29.1 Å². The van der Waals surface area contributed by atoms with Crippen molar-refractivity contribution in [1.29, 1.82) is 0 Å². The number of hydrogen-bond acceptors (Lipinski definition) is 2. The summed E-state index contributed by atoms with van der Waals surface area (Å²) in [4.78, 5) is 26.0. The smallest absolute Gasteiger partial charge is 0.229 e. The highest BCUT2D eigenvalue weighted by Gasteiger charge is 2.41. The molecule has 106 valence electrons. The zero-order valence-electron chi connectivity index (χ0n) is 11.4. The van der Waals surface area contributed by atoms with Crippen LogP contribution in [0.3, 0.4) is 0 Å². The molecular weight excluding hydrogens is 276 g/mol. The molecule has 4 nitrogen and oxygen atoms in total. The quantitative estimate of drug-likeness (QED) is 0.931. The van der Waals surface area contributed by atoms with Crippen LogP contribution in [-0.2, 0) is 9.59 Å². The fraction of sp³-hybridized carbons (Fsp3) is 0.467. The van der Waals surface area contributed by atoms with E-state index in [0.717, 1.165) is 24.1 Å². The van der Waals surface area contributed by atoms with Crippen LogP contribution in [0.15, 0.2) is 18.2 Å². The topological polar surface area (TPSA) is 49.4 Å². The number of benzene rings is 1. The van der Waals surface area contributed by atoms with Gasteiger partial charge in [0.2, 0.25) is 11.8 Å². The van der Waals surface area contributed by atoms with Crippen molar-refractivity contribution in [2.75, 3.05) is 11.9 Å². The monoisotopic (exact) mass is 292 g/mol. The van der Waals surface area contributed by atoms with Crippen LogP contribution in [0.5, 0.6) is 0 Å². The standard InChI is InChI=1S/C15H17ClN2O2/c1-9-12(16)3-2-4-13(9)17-15(20)10-7-14(19)18(8-10)11-5-6-11/h2-4,10-11H,5-8H2,1H3,(H,17,20). The van der Waals surface area contributed by atoms with Crippen molar-refractivity contribution in [2.45, 2.75) is 32.2 Å². The van der Waals surface area contributed by atoms with Crippen molar-refractivity contribution in [3.8, 4) is 0 Å². The van der Waals surface area contributed by atoms with Gasteiger partial charge in [-0.05, 0) is 37.5 Å². The van der Waals surface area contributed by atoms with E-state index in [-0.39, 0.29) is 17.7 Å². The largest absolute Gasteiger partial charge is 0.339 e. The van der Waals surface area contributed by atoms with Gasteiger partial charge in [0.25, 0.3) is 0 Å². The van der Waals surface area contributed by atoms with E-state index in [2.05, 4.69) is 5.32 Å². The molecule has 1 heterocycles. The zero-order chi connectivity index (χ0) is 14.3. The van der Waals surface area contributed by atoms with Crippen LogP contribution >= 0.6 is 11.6 Å². The molecule has 1 aliphatic carbocycles. The lowest BCUT2D eigenvalue weighted by atomic mass is 10.1. The van der Waals surface area contributed by atoms with Gasteiger partial charge in [0.15, 0.2) is 0 Å². The second-order valence-corrected chi connectivity index (χ2v) is 5.99. The molecule has 1 saturated heterocycles. The molecule has 2 fully saturated rings. The van der Waals surface area contributed by atoms with Crippen LogP contribution in [-0.4, -0.2) is 29.3 Å². The molecule has 2 aliphatic rings. The Morgan fingerprint density at radius 3 is 2.85 bits per heavy atom. The number of carbonyl (C=O) groups excluding carboxylic acids is 2. The molecule has 1 N–H and O–H groups in total. The normalized spacial score (nSPS) is 22.2. The Morgan fingerprint density at radius 2 is 2.15 bits per heavy atom. The van der Waals surface area contributed by atoms with E-state index in [0.29, 0.717) is 24.0 Å². The summed E-state index contributed by atoms with van der Waals surface area (Å²) in [6.07, 6.45) is 2.48. The minimum atomic E-state index is -0.249. The number of halogens is 1. The molecule has 2 amide bonds. The molecule has 5 heteroatoms. The molecular formula is C15H17ClN2O2. The maximum absolute atomic E-state index is 12.3. The van der Waals surface area contributed by atoms with E-state index in [1.807, 2.05) is 17.9 Å². The second kappa shape index (κ2) is 5.09.